The van der Waals surface area contributed by atoms with Crippen molar-refractivity contribution in [1.29, 1.82) is 5.41 Å². The molecule has 0 radical (unpaired) electrons. The molecule has 1 saturated carbocycles. The Bertz CT molecular complexity index is 510. The molecular formula is C16H25N3O. The van der Waals surface area contributed by atoms with Crippen molar-refractivity contribution in [3.8, 4) is 5.88 Å². The van der Waals surface area contributed by atoms with Crippen LogP contribution < -0.4 is 10.5 Å². The number of hydrogen-bond donors (Lipinski definition) is 2. The molecule has 2 rings (SSSR count). The molecule has 110 valence electrons. The molecule has 3 N–H and O–H groups in total. The summed E-state index contributed by atoms with van der Waals surface area (Å²) in [4.78, 5) is 4.42. The van der Waals surface area contributed by atoms with Crippen molar-refractivity contribution in [3.05, 3.63) is 23.4 Å². The third kappa shape index (κ3) is 3.50. The van der Waals surface area contributed by atoms with Crippen LogP contribution in [0.2, 0.25) is 0 Å². The monoisotopic (exact) mass is 275 g/mol. The van der Waals surface area contributed by atoms with Gasteiger partial charge in [0.25, 0.3) is 0 Å². The molecule has 1 fully saturated rings. The first-order chi connectivity index (χ1) is 9.27. The minimum Gasteiger partial charge on any atom is -0.474 e. The quantitative estimate of drug-likeness (QED) is 0.657. The number of pyridine rings is 1. The highest BCUT2D eigenvalue weighted by Gasteiger charge is 2.33. The number of nitrogens with one attached hydrogen (secondary N) is 1. The Morgan fingerprint density at radius 1 is 1.40 bits per heavy atom. The number of amidine groups is 1. The van der Waals surface area contributed by atoms with Gasteiger partial charge in [-0.25, -0.2) is 4.98 Å². The number of aromatic nitrogens is 1. The van der Waals surface area contributed by atoms with E-state index in [-0.39, 0.29) is 11.9 Å². The lowest BCUT2D eigenvalue weighted by Crippen LogP contribution is -2.35. The van der Waals surface area contributed by atoms with Crippen LogP contribution in [-0.2, 0) is 0 Å². The SMILES string of the molecule is Cc1ccc(C(=N)N)c(OC2CC(C)CC(C)(C)C2)n1. The van der Waals surface area contributed by atoms with Crippen LogP contribution in [0.3, 0.4) is 0 Å². The van der Waals surface area contributed by atoms with Crippen molar-refractivity contribution in [2.75, 3.05) is 0 Å². The summed E-state index contributed by atoms with van der Waals surface area (Å²) in [6.45, 7) is 8.76. The maximum absolute atomic E-state index is 7.64. The summed E-state index contributed by atoms with van der Waals surface area (Å²) in [6.07, 6.45) is 3.44. The Morgan fingerprint density at radius 2 is 2.10 bits per heavy atom. The molecule has 4 nitrogen and oxygen atoms in total. The van der Waals surface area contributed by atoms with Crippen LogP contribution in [0.15, 0.2) is 12.1 Å². The molecule has 1 aliphatic carbocycles. The van der Waals surface area contributed by atoms with Gasteiger partial charge in [0, 0.05) is 5.69 Å². The largest absolute Gasteiger partial charge is 0.474 e. The van der Waals surface area contributed by atoms with E-state index in [1.54, 1.807) is 0 Å². The number of aryl methyl sites for hydroxylation is 1. The third-order valence-electron chi connectivity index (χ3n) is 3.91. The molecule has 2 atom stereocenters. The lowest BCUT2D eigenvalue weighted by Gasteiger charge is -2.38. The third-order valence-corrected chi connectivity index (χ3v) is 3.91. The number of ether oxygens (including phenoxy) is 1. The number of nitrogens with two attached hydrogens (primary N) is 1. The zero-order chi connectivity index (χ0) is 14.9. The molecule has 1 heterocycles. The fourth-order valence-electron chi connectivity index (χ4n) is 3.33. The normalized spacial score (nSPS) is 25.2. The van der Waals surface area contributed by atoms with Crippen molar-refractivity contribution in [2.24, 2.45) is 17.1 Å². The summed E-state index contributed by atoms with van der Waals surface area (Å²) < 4.78 is 6.10. The summed E-state index contributed by atoms with van der Waals surface area (Å²) in [6, 6.07) is 3.68. The molecule has 0 aliphatic heterocycles. The molecule has 2 unspecified atom stereocenters. The smallest absolute Gasteiger partial charge is 0.225 e. The fourth-order valence-corrected chi connectivity index (χ4v) is 3.33. The second-order valence-corrected chi connectivity index (χ2v) is 6.87. The minimum absolute atomic E-state index is 0.00983. The van der Waals surface area contributed by atoms with Gasteiger partial charge in [-0.05, 0) is 49.7 Å². The van der Waals surface area contributed by atoms with Gasteiger partial charge in [0.1, 0.15) is 11.9 Å². The van der Waals surface area contributed by atoms with E-state index in [0.717, 1.165) is 18.5 Å². The maximum Gasteiger partial charge on any atom is 0.225 e. The van der Waals surface area contributed by atoms with E-state index in [1.807, 2.05) is 19.1 Å². The Morgan fingerprint density at radius 3 is 2.70 bits per heavy atom. The van der Waals surface area contributed by atoms with E-state index in [1.165, 1.54) is 6.42 Å². The predicted molar refractivity (Wildman–Crippen MR) is 81.2 cm³/mol. The number of hydrogen-bond acceptors (Lipinski definition) is 3. The standard InChI is InChI=1S/C16H25N3O/c1-10-7-12(9-16(3,4)8-10)20-15-13(14(17)18)6-5-11(2)19-15/h5-6,10,12H,7-9H2,1-4H3,(H3,17,18). The van der Waals surface area contributed by atoms with Crippen LogP contribution in [0.5, 0.6) is 5.88 Å². The lowest BCUT2D eigenvalue weighted by atomic mass is 9.71. The zero-order valence-corrected chi connectivity index (χ0v) is 12.9. The predicted octanol–water partition coefficient (Wildman–Crippen LogP) is 3.27. The average Bonchev–Trinajstić information content (AvgIpc) is 2.25. The van der Waals surface area contributed by atoms with Crippen molar-refractivity contribution in [1.82, 2.24) is 4.98 Å². The molecular weight excluding hydrogens is 250 g/mol. The van der Waals surface area contributed by atoms with Crippen LogP contribution in [0, 0.1) is 23.7 Å². The topological polar surface area (TPSA) is 72.0 Å². The Hall–Kier alpha value is -1.58. The summed E-state index contributed by atoms with van der Waals surface area (Å²) in [7, 11) is 0. The van der Waals surface area contributed by atoms with Gasteiger partial charge in [-0.2, -0.15) is 0 Å². The Kier molecular flexibility index (Phi) is 4.02. The first kappa shape index (κ1) is 14.8. The molecule has 1 aliphatic rings. The molecule has 1 aromatic rings. The van der Waals surface area contributed by atoms with Gasteiger partial charge in [0.2, 0.25) is 5.88 Å². The van der Waals surface area contributed by atoms with Gasteiger partial charge in [0.15, 0.2) is 0 Å². The van der Waals surface area contributed by atoms with E-state index in [0.29, 0.717) is 22.8 Å². The van der Waals surface area contributed by atoms with Crippen molar-refractivity contribution in [3.63, 3.8) is 0 Å². The second kappa shape index (κ2) is 5.43. The van der Waals surface area contributed by atoms with E-state index < -0.39 is 0 Å². The number of rotatable bonds is 3. The molecule has 0 amide bonds. The fraction of sp³-hybridized carbons (Fsp3) is 0.625. The van der Waals surface area contributed by atoms with Crippen LogP contribution >= 0.6 is 0 Å². The molecule has 0 aromatic carbocycles. The summed E-state index contributed by atoms with van der Waals surface area (Å²) >= 11 is 0. The molecule has 4 heteroatoms. The van der Waals surface area contributed by atoms with E-state index in [4.69, 9.17) is 15.9 Å². The highest BCUT2D eigenvalue weighted by molar-refractivity contribution is 5.97. The van der Waals surface area contributed by atoms with Gasteiger partial charge in [0.05, 0.1) is 5.56 Å². The Labute approximate surface area is 121 Å². The zero-order valence-electron chi connectivity index (χ0n) is 12.9. The van der Waals surface area contributed by atoms with Crippen LogP contribution in [0.1, 0.15) is 51.3 Å². The lowest BCUT2D eigenvalue weighted by molar-refractivity contribution is 0.0530. The summed E-state index contributed by atoms with van der Waals surface area (Å²) in [5.74, 6) is 1.16. The molecule has 1 aromatic heterocycles. The minimum atomic E-state index is 0.00983. The first-order valence-corrected chi connectivity index (χ1v) is 7.25. The highest BCUT2D eigenvalue weighted by atomic mass is 16.5. The number of nitrogens with zero attached hydrogens (tertiary/aromatic N) is 1. The van der Waals surface area contributed by atoms with Crippen LogP contribution in [-0.4, -0.2) is 16.9 Å². The van der Waals surface area contributed by atoms with Gasteiger partial charge in [-0.3, -0.25) is 5.41 Å². The van der Waals surface area contributed by atoms with Crippen LogP contribution in [0.4, 0.5) is 0 Å². The van der Waals surface area contributed by atoms with Gasteiger partial charge >= 0.3 is 0 Å². The molecule has 0 bridgehead atoms. The van der Waals surface area contributed by atoms with Crippen molar-refractivity contribution in [2.45, 2.75) is 53.1 Å². The molecule has 20 heavy (non-hydrogen) atoms. The Balaban J connectivity index is 2.21. The average molecular weight is 275 g/mol. The van der Waals surface area contributed by atoms with Crippen molar-refractivity contribution >= 4 is 5.84 Å². The van der Waals surface area contributed by atoms with Gasteiger partial charge in [-0.1, -0.05) is 20.8 Å². The molecule has 0 saturated heterocycles. The van der Waals surface area contributed by atoms with Crippen molar-refractivity contribution < 1.29 is 4.74 Å². The van der Waals surface area contributed by atoms with E-state index >= 15 is 0 Å². The molecule has 0 spiro atoms. The van der Waals surface area contributed by atoms with E-state index in [9.17, 15) is 0 Å². The second-order valence-electron chi connectivity index (χ2n) is 6.87. The highest BCUT2D eigenvalue weighted by Crippen LogP contribution is 2.40. The number of nitrogen functional groups attached to an aromatic ring is 1. The maximum atomic E-state index is 7.64. The first-order valence-electron chi connectivity index (χ1n) is 7.25. The van der Waals surface area contributed by atoms with Crippen LogP contribution in [0.25, 0.3) is 0 Å². The van der Waals surface area contributed by atoms with Gasteiger partial charge in [-0.15, -0.1) is 0 Å². The van der Waals surface area contributed by atoms with Gasteiger partial charge < -0.3 is 10.5 Å². The van der Waals surface area contributed by atoms with E-state index in [2.05, 4.69) is 25.8 Å². The summed E-state index contributed by atoms with van der Waals surface area (Å²) in [5, 5.41) is 7.64. The summed E-state index contributed by atoms with van der Waals surface area (Å²) in [5.41, 5.74) is 7.38.